The largest absolute Gasteiger partial charge is 0.314 e. The lowest BCUT2D eigenvalue weighted by Gasteiger charge is -2.37. The Morgan fingerprint density at radius 2 is 2.06 bits per heavy atom. The van der Waals surface area contributed by atoms with Gasteiger partial charge in [0.25, 0.3) is 0 Å². The summed E-state index contributed by atoms with van der Waals surface area (Å²) in [5.74, 6) is 0.731. The molecule has 1 heterocycles. The zero-order valence-corrected chi connectivity index (χ0v) is 12.4. The average Bonchev–Trinajstić information content (AvgIpc) is 2.26. The van der Waals surface area contributed by atoms with Crippen LogP contribution < -0.4 is 5.32 Å². The van der Waals surface area contributed by atoms with Crippen LogP contribution in [0.4, 0.5) is 0 Å². The lowest BCUT2D eigenvalue weighted by atomic mass is 10.0. The van der Waals surface area contributed by atoms with Gasteiger partial charge in [0.2, 0.25) is 0 Å². The van der Waals surface area contributed by atoms with Gasteiger partial charge in [-0.1, -0.05) is 20.8 Å². The van der Waals surface area contributed by atoms with Crippen molar-refractivity contribution in [1.82, 2.24) is 15.1 Å². The fraction of sp³-hybridized carbons (Fsp3) is 1.00. The minimum atomic E-state index is 0.601. The van der Waals surface area contributed by atoms with Gasteiger partial charge in [0.1, 0.15) is 0 Å². The molecule has 0 spiro atoms. The Kier molecular flexibility index (Phi) is 6.45. The summed E-state index contributed by atoms with van der Waals surface area (Å²) in [4.78, 5) is 5.02. The van der Waals surface area contributed by atoms with E-state index in [2.05, 4.69) is 50.0 Å². The Hall–Kier alpha value is -0.120. The van der Waals surface area contributed by atoms with Gasteiger partial charge in [-0.15, -0.1) is 0 Å². The number of nitrogens with zero attached hydrogens (tertiary/aromatic N) is 2. The first kappa shape index (κ1) is 14.9. The molecule has 17 heavy (non-hydrogen) atoms. The zero-order chi connectivity index (χ0) is 12.8. The van der Waals surface area contributed by atoms with Gasteiger partial charge >= 0.3 is 0 Å². The minimum Gasteiger partial charge on any atom is -0.314 e. The molecular formula is C14H31N3. The lowest BCUT2D eigenvalue weighted by molar-refractivity contribution is 0.122. The van der Waals surface area contributed by atoms with Gasteiger partial charge < -0.3 is 15.1 Å². The SMILES string of the molecule is CC(CNC(C)C)CN(C)C1CCCN(C)C1. The van der Waals surface area contributed by atoms with Crippen LogP contribution in [0, 0.1) is 5.92 Å². The number of rotatable bonds is 6. The maximum Gasteiger partial charge on any atom is 0.0220 e. The Morgan fingerprint density at radius 1 is 1.35 bits per heavy atom. The molecule has 1 rings (SSSR count). The summed E-state index contributed by atoms with van der Waals surface area (Å²) in [6, 6.07) is 1.36. The van der Waals surface area contributed by atoms with Gasteiger partial charge in [0, 0.05) is 25.2 Å². The summed E-state index contributed by atoms with van der Waals surface area (Å²) in [6.45, 7) is 11.6. The number of piperidine rings is 1. The van der Waals surface area contributed by atoms with Crippen LogP contribution in [-0.2, 0) is 0 Å². The summed E-state index contributed by atoms with van der Waals surface area (Å²) < 4.78 is 0. The van der Waals surface area contributed by atoms with Crippen molar-refractivity contribution < 1.29 is 0 Å². The third-order valence-corrected chi connectivity index (χ3v) is 3.70. The van der Waals surface area contributed by atoms with Crippen molar-refractivity contribution in [2.24, 2.45) is 5.92 Å². The van der Waals surface area contributed by atoms with Gasteiger partial charge in [-0.25, -0.2) is 0 Å². The Bertz CT molecular complexity index is 206. The number of likely N-dealkylation sites (N-methyl/N-ethyl adjacent to an activating group) is 2. The molecule has 3 nitrogen and oxygen atoms in total. The molecule has 0 aliphatic carbocycles. The Balaban J connectivity index is 2.24. The standard InChI is InChI=1S/C14H31N3/c1-12(2)15-9-13(3)10-17(5)14-7-6-8-16(4)11-14/h12-15H,6-11H2,1-5H3. The van der Waals surface area contributed by atoms with Crippen LogP contribution in [0.25, 0.3) is 0 Å². The van der Waals surface area contributed by atoms with Gasteiger partial charge in [-0.2, -0.15) is 0 Å². The van der Waals surface area contributed by atoms with Crippen molar-refractivity contribution >= 4 is 0 Å². The third-order valence-electron chi connectivity index (χ3n) is 3.70. The predicted molar refractivity (Wildman–Crippen MR) is 75.5 cm³/mol. The molecule has 1 aliphatic rings. The van der Waals surface area contributed by atoms with E-state index in [0.29, 0.717) is 6.04 Å². The zero-order valence-electron chi connectivity index (χ0n) is 12.4. The second-order valence-electron chi connectivity index (χ2n) is 6.17. The summed E-state index contributed by atoms with van der Waals surface area (Å²) in [7, 11) is 4.53. The fourth-order valence-corrected chi connectivity index (χ4v) is 2.64. The van der Waals surface area contributed by atoms with Crippen molar-refractivity contribution in [2.45, 2.75) is 45.7 Å². The number of hydrogen-bond acceptors (Lipinski definition) is 3. The molecule has 102 valence electrons. The Morgan fingerprint density at radius 3 is 2.65 bits per heavy atom. The maximum atomic E-state index is 3.53. The topological polar surface area (TPSA) is 18.5 Å². The first-order valence-electron chi connectivity index (χ1n) is 7.11. The van der Waals surface area contributed by atoms with Crippen LogP contribution in [0.3, 0.4) is 0 Å². The summed E-state index contributed by atoms with van der Waals surface area (Å²) in [5, 5.41) is 3.53. The lowest BCUT2D eigenvalue weighted by Crippen LogP contribution is -2.47. The predicted octanol–water partition coefficient (Wildman–Crippen LogP) is 1.65. The van der Waals surface area contributed by atoms with Crippen LogP contribution in [0.5, 0.6) is 0 Å². The molecule has 0 bridgehead atoms. The summed E-state index contributed by atoms with van der Waals surface area (Å²) in [5.41, 5.74) is 0. The highest BCUT2D eigenvalue weighted by molar-refractivity contribution is 4.78. The normalized spacial score (nSPS) is 24.5. The van der Waals surface area contributed by atoms with Crippen molar-refractivity contribution in [3.63, 3.8) is 0 Å². The number of likely N-dealkylation sites (tertiary alicyclic amines) is 1. The molecule has 2 unspecified atom stereocenters. The van der Waals surface area contributed by atoms with Gasteiger partial charge in [-0.05, 0) is 45.9 Å². The van der Waals surface area contributed by atoms with Gasteiger partial charge in [0.05, 0.1) is 0 Å². The van der Waals surface area contributed by atoms with Crippen LogP contribution in [0.15, 0.2) is 0 Å². The van der Waals surface area contributed by atoms with Crippen LogP contribution in [0.2, 0.25) is 0 Å². The van der Waals surface area contributed by atoms with Crippen molar-refractivity contribution in [1.29, 1.82) is 0 Å². The van der Waals surface area contributed by atoms with E-state index >= 15 is 0 Å². The quantitative estimate of drug-likeness (QED) is 0.763. The van der Waals surface area contributed by atoms with E-state index in [1.165, 1.54) is 32.5 Å². The molecule has 2 atom stereocenters. The maximum absolute atomic E-state index is 3.53. The Labute approximate surface area is 108 Å². The highest BCUT2D eigenvalue weighted by atomic mass is 15.2. The van der Waals surface area contributed by atoms with Crippen LogP contribution in [0.1, 0.15) is 33.6 Å². The molecule has 3 heteroatoms. The highest BCUT2D eigenvalue weighted by Gasteiger charge is 2.21. The van der Waals surface area contributed by atoms with Crippen molar-refractivity contribution in [2.75, 3.05) is 40.3 Å². The second-order valence-corrected chi connectivity index (χ2v) is 6.17. The molecule has 0 amide bonds. The van der Waals surface area contributed by atoms with Gasteiger partial charge in [0.15, 0.2) is 0 Å². The summed E-state index contributed by atoms with van der Waals surface area (Å²) in [6.07, 6.45) is 2.72. The number of hydrogen-bond donors (Lipinski definition) is 1. The van der Waals surface area contributed by atoms with Crippen molar-refractivity contribution in [3.8, 4) is 0 Å². The molecule has 1 saturated heterocycles. The minimum absolute atomic E-state index is 0.601. The second kappa shape index (κ2) is 7.34. The van der Waals surface area contributed by atoms with Gasteiger partial charge in [-0.3, -0.25) is 0 Å². The molecule has 1 N–H and O–H groups in total. The van der Waals surface area contributed by atoms with E-state index in [1.807, 2.05) is 0 Å². The van der Waals surface area contributed by atoms with E-state index < -0.39 is 0 Å². The first-order chi connectivity index (χ1) is 7.99. The first-order valence-corrected chi connectivity index (χ1v) is 7.11. The molecule has 0 aromatic carbocycles. The number of nitrogens with one attached hydrogen (secondary N) is 1. The van der Waals surface area contributed by atoms with Crippen LogP contribution in [-0.4, -0.2) is 62.2 Å². The van der Waals surface area contributed by atoms with E-state index in [9.17, 15) is 0 Å². The fourth-order valence-electron chi connectivity index (χ4n) is 2.64. The molecule has 1 aliphatic heterocycles. The molecule has 0 aromatic heterocycles. The third kappa shape index (κ3) is 5.84. The summed E-state index contributed by atoms with van der Waals surface area (Å²) >= 11 is 0. The average molecular weight is 241 g/mol. The van der Waals surface area contributed by atoms with Crippen molar-refractivity contribution in [3.05, 3.63) is 0 Å². The molecule has 0 radical (unpaired) electrons. The molecule has 0 saturated carbocycles. The van der Waals surface area contributed by atoms with E-state index in [1.54, 1.807) is 0 Å². The molecular weight excluding hydrogens is 210 g/mol. The van der Waals surface area contributed by atoms with E-state index in [-0.39, 0.29) is 0 Å². The van der Waals surface area contributed by atoms with Crippen LogP contribution >= 0.6 is 0 Å². The molecule has 1 fully saturated rings. The highest BCUT2D eigenvalue weighted by Crippen LogP contribution is 2.14. The smallest absolute Gasteiger partial charge is 0.0220 e. The monoisotopic (exact) mass is 241 g/mol. The molecule has 0 aromatic rings. The van der Waals surface area contributed by atoms with E-state index in [4.69, 9.17) is 0 Å². The van der Waals surface area contributed by atoms with E-state index in [0.717, 1.165) is 18.5 Å².